The molecule has 0 atom stereocenters. The van der Waals surface area contributed by atoms with Gasteiger partial charge in [0.25, 0.3) is 5.56 Å². The van der Waals surface area contributed by atoms with Crippen LogP contribution >= 0.6 is 0 Å². The van der Waals surface area contributed by atoms with Crippen LogP contribution in [-0.4, -0.2) is 32.6 Å². The zero-order chi connectivity index (χ0) is 20.3. The van der Waals surface area contributed by atoms with Crippen LogP contribution in [0, 0.1) is 0 Å². The molecular formula is C24H21N5O. The van der Waals surface area contributed by atoms with Gasteiger partial charge in [0.1, 0.15) is 5.82 Å². The second-order valence-electron chi connectivity index (χ2n) is 7.31. The average Bonchev–Trinajstić information content (AvgIpc) is 3.34. The molecule has 0 bridgehead atoms. The fourth-order valence-corrected chi connectivity index (χ4v) is 3.76. The van der Waals surface area contributed by atoms with Gasteiger partial charge >= 0.3 is 0 Å². The first-order chi connectivity index (χ1) is 14.8. The van der Waals surface area contributed by atoms with E-state index in [2.05, 4.69) is 14.9 Å². The van der Waals surface area contributed by atoms with Crippen LogP contribution in [0.15, 0.2) is 71.8 Å². The molecule has 6 nitrogen and oxygen atoms in total. The lowest BCUT2D eigenvalue weighted by Gasteiger charge is -2.14. The number of benzene rings is 2. The van der Waals surface area contributed by atoms with Gasteiger partial charge in [0.15, 0.2) is 0 Å². The highest BCUT2D eigenvalue weighted by Gasteiger charge is 2.14. The van der Waals surface area contributed by atoms with Crippen LogP contribution < -0.4 is 10.5 Å². The topological polar surface area (TPSA) is 63.9 Å². The Morgan fingerprint density at radius 2 is 1.53 bits per heavy atom. The van der Waals surface area contributed by atoms with Gasteiger partial charge in [-0.1, -0.05) is 30.3 Å². The summed E-state index contributed by atoms with van der Waals surface area (Å²) in [6, 6.07) is 17.0. The van der Waals surface area contributed by atoms with Crippen molar-refractivity contribution in [3.05, 3.63) is 88.7 Å². The number of hydrogen-bond donors (Lipinski definition) is 0. The smallest absolute Gasteiger partial charge is 0.266 e. The number of rotatable bonds is 4. The number of nitrogens with zero attached hydrogens (tertiary/aromatic N) is 5. The highest BCUT2D eigenvalue weighted by Crippen LogP contribution is 2.17. The molecule has 4 aromatic rings. The molecule has 0 N–H and O–H groups in total. The molecule has 0 aliphatic carbocycles. The molecule has 0 unspecified atom stereocenters. The van der Waals surface area contributed by atoms with Gasteiger partial charge in [0.05, 0.1) is 16.6 Å². The maximum atomic E-state index is 13.2. The lowest BCUT2D eigenvalue weighted by atomic mass is 10.2. The summed E-state index contributed by atoms with van der Waals surface area (Å²) in [5.41, 5.74) is 2.23. The van der Waals surface area contributed by atoms with Crippen molar-refractivity contribution in [1.82, 2.24) is 19.5 Å². The third-order valence-corrected chi connectivity index (χ3v) is 5.29. The van der Waals surface area contributed by atoms with Crippen LogP contribution in [0.3, 0.4) is 0 Å². The van der Waals surface area contributed by atoms with Crippen molar-refractivity contribution in [3.63, 3.8) is 0 Å². The number of hydrogen-bond acceptors (Lipinski definition) is 5. The van der Waals surface area contributed by atoms with E-state index in [4.69, 9.17) is 4.98 Å². The van der Waals surface area contributed by atoms with Crippen molar-refractivity contribution in [2.75, 3.05) is 18.0 Å². The molecule has 0 spiro atoms. The molecule has 5 rings (SSSR count). The van der Waals surface area contributed by atoms with Crippen LogP contribution in [-0.2, 0) is 0 Å². The van der Waals surface area contributed by atoms with Crippen molar-refractivity contribution in [1.29, 1.82) is 0 Å². The van der Waals surface area contributed by atoms with Gasteiger partial charge in [-0.3, -0.25) is 9.36 Å². The maximum Gasteiger partial charge on any atom is 0.266 e. The predicted molar refractivity (Wildman–Crippen MR) is 120 cm³/mol. The van der Waals surface area contributed by atoms with Gasteiger partial charge in [-0.2, -0.15) is 0 Å². The molecule has 0 amide bonds. The maximum absolute atomic E-state index is 13.2. The molecule has 0 radical (unpaired) electrons. The van der Waals surface area contributed by atoms with Gasteiger partial charge in [-0.15, -0.1) is 0 Å². The number of aromatic nitrogens is 4. The predicted octanol–water partition coefficient (Wildman–Crippen LogP) is 3.95. The van der Waals surface area contributed by atoms with Gasteiger partial charge in [-0.05, 0) is 49.3 Å². The molecule has 1 saturated heterocycles. The number of fused-ring (bicyclic) bond motifs is 1. The van der Waals surface area contributed by atoms with Gasteiger partial charge in [0, 0.05) is 31.0 Å². The Hall–Kier alpha value is -3.80. The fraction of sp³-hybridized carbons (Fsp3) is 0.167. The zero-order valence-corrected chi connectivity index (χ0v) is 16.5. The molecule has 148 valence electrons. The molecular weight excluding hydrogens is 374 g/mol. The Balaban J connectivity index is 1.55. The SMILES string of the molecule is O=c1c2ccccc2nc(/C=C/c2cnc(N3CCCC3)nc2)n1-c1ccccc1. The van der Waals surface area contributed by atoms with Crippen molar-refractivity contribution in [2.45, 2.75) is 12.8 Å². The third kappa shape index (κ3) is 3.48. The van der Waals surface area contributed by atoms with Gasteiger partial charge in [-0.25, -0.2) is 15.0 Å². The first-order valence-corrected chi connectivity index (χ1v) is 10.1. The first kappa shape index (κ1) is 18.2. The summed E-state index contributed by atoms with van der Waals surface area (Å²) >= 11 is 0. The highest BCUT2D eigenvalue weighted by atomic mass is 16.1. The Kier molecular flexibility index (Phi) is 4.81. The van der Waals surface area contributed by atoms with Crippen LogP contribution in [0.25, 0.3) is 28.7 Å². The molecule has 1 aliphatic heterocycles. The van der Waals surface area contributed by atoms with Crippen molar-refractivity contribution in [2.24, 2.45) is 0 Å². The number of para-hydroxylation sites is 2. The molecule has 2 aromatic carbocycles. The quantitative estimate of drug-likeness (QED) is 0.524. The van der Waals surface area contributed by atoms with E-state index in [0.717, 1.165) is 30.3 Å². The molecule has 0 saturated carbocycles. The molecule has 1 aliphatic rings. The van der Waals surface area contributed by atoms with Crippen molar-refractivity contribution < 1.29 is 0 Å². The van der Waals surface area contributed by atoms with E-state index in [1.54, 1.807) is 4.57 Å². The normalized spacial score (nSPS) is 14.1. The molecule has 30 heavy (non-hydrogen) atoms. The van der Waals surface area contributed by atoms with Crippen molar-refractivity contribution in [3.8, 4) is 5.69 Å². The van der Waals surface area contributed by atoms with Crippen LogP contribution in [0.2, 0.25) is 0 Å². The third-order valence-electron chi connectivity index (χ3n) is 5.29. The Morgan fingerprint density at radius 1 is 0.833 bits per heavy atom. The Bertz CT molecular complexity index is 1260. The second kappa shape index (κ2) is 7.91. The number of anilines is 1. The van der Waals surface area contributed by atoms with E-state index in [1.807, 2.05) is 79.1 Å². The summed E-state index contributed by atoms with van der Waals surface area (Å²) < 4.78 is 1.64. The Labute approximate surface area is 174 Å². The summed E-state index contributed by atoms with van der Waals surface area (Å²) in [7, 11) is 0. The monoisotopic (exact) mass is 395 g/mol. The largest absolute Gasteiger partial charge is 0.341 e. The summed E-state index contributed by atoms with van der Waals surface area (Å²) in [4.78, 5) is 29.1. The minimum Gasteiger partial charge on any atom is -0.341 e. The highest BCUT2D eigenvalue weighted by molar-refractivity contribution is 5.80. The molecule has 1 fully saturated rings. The van der Waals surface area contributed by atoms with E-state index in [-0.39, 0.29) is 5.56 Å². The van der Waals surface area contributed by atoms with Crippen LogP contribution in [0.5, 0.6) is 0 Å². The molecule has 3 heterocycles. The molecule has 6 heteroatoms. The first-order valence-electron chi connectivity index (χ1n) is 10.1. The van der Waals surface area contributed by atoms with Gasteiger partial charge in [0.2, 0.25) is 5.95 Å². The van der Waals surface area contributed by atoms with Gasteiger partial charge < -0.3 is 4.90 Å². The van der Waals surface area contributed by atoms with Crippen LogP contribution in [0.4, 0.5) is 5.95 Å². The lowest BCUT2D eigenvalue weighted by Crippen LogP contribution is -2.22. The lowest BCUT2D eigenvalue weighted by molar-refractivity contribution is 0.897. The van der Waals surface area contributed by atoms with E-state index < -0.39 is 0 Å². The molecule has 2 aromatic heterocycles. The van der Waals surface area contributed by atoms with Crippen molar-refractivity contribution >= 4 is 29.0 Å². The zero-order valence-electron chi connectivity index (χ0n) is 16.5. The van der Waals surface area contributed by atoms with E-state index in [1.165, 1.54) is 12.8 Å². The minimum atomic E-state index is -0.0907. The summed E-state index contributed by atoms with van der Waals surface area (Å²) in [5.74, 6) is 1.34. The second-order valence-corrected chi connectivity index (χ2v) is 7.31. The van der Waals surface area contributed by atoms with E-state index in [0.29, 0.717) is 16.7 Å². The summed E-state index contributed by atoms with van der Waals surface area (Å²) in [5, 5.41) is 0.594. The fourth-order valence-electron chi connectivity index (χ4n) is 3.76. The average molecular weight is 395 g/mol. The Morgan fingerprint density at radius 3 is 2.30 bits per heavy atom. The van der Waals surface area contributed by atoms with E-state index >= 15 is 0 Å². The summed E-state index contributed by atoms with van der Waals surface area (Å²) in [6.45, 7) is 2.03. The standard InChI is InChI=1S/C24H21N5O/c30-23-20-10-4-5-11-21(20)27-22(29(23)19-8-2-1-3-9-19)13-12-18-16-25-24(26-17-18)28-14-6-7-15-28/h1-5,8-13,16-17H,6-7,14-15H2/b13-12+. The van der Waals surface area contributed by atoms with Crippen LogP contribution in [0.1, 0.15) is 24.2 Å². The summed E-state index contributed by atoms with van der Waals surface area (Å²) in [6.07, 6.45) is 9.73. The minimum absolute atomic E-state index is 0.0907. The van der Waals surface area contributed by atoms with E-state index in [9.17, 15) is 4.79 Å².